The zero-order chi connectivity index (χ0) is 15.9. The van der Waals surface area contributed by atoms with E-state index in [1.54, 1.807) is 19.2 Å². The van der Waals surface area contributed by atoms with E-state index >= 15 is 0 Å². The number of hydrogen-bond acceptors (Lipinski definition) is 4. The molecule has 22 heavy (non-hydrogen) atoms. The van der Waals surface area contributed by atoms with Crippen molar-refractivity contribution in [2.75, 3.05) is 13.7 Å². The maximum Gasteiger partial charge on any atom is 0.220 e. The van der Waals surface area contributed by atoms with Gasteiger partial charge in [0.2, 0.25) is 5.91 Å². The molecule has 0 aliphatic rings. The topological polar surface area (TPSA) is 71.7 Å². The van der Waals surface area contributed by atoms with E-state index in [0.717, 1.165) is 11.3 Å². The van der Waals surface area contributed by atoms with Crippen molar-refractivity contribution < 1.29 is 19.1 Å². The van der Waals surface area contributed by atoms with Crippen molar-refractivity contribution >= 4 is 5.91 Å². The van der Waals surface area contributed by atoms with Crippen LogP contribution in [0.4, 0.5) is 0 Å². The molecule has 118 valence electrons. The number of benzene rings is 1. The van der Waals surface area contributed by atoms with Gasteiger partial charge in [-0.25, -0.2) is 0 Å². The average Bonchev–Trinajstić information content (AvgIpc) is 3.07. The Morgan fingerprint density at radius 3 is 2.86 bits per heavy atom. The predicted molar refractivity (Wildman–Crippen MR) is 82.7 cm³/mol. The number of methoxy groups -OCH3 is 1. The molecule has 1 aromatic heterocycles. The number of rotatable bonds is 7. The van der Waals surface area contributed by atoms with Gasteiger partial charge in [0.25, 0.3) is 0 Å². The van der Waals surface area contributed by atoms with Crippen molar-refractivity contribution in [3.8, 4) is 5.75 Å². The average molecular weight is 303 g/mol. The molecule has 0 aliphatic carbocycles. The van der Waals surface area contributed by atoms with E-state index in [0.29, 0.717) is 12.2 Å². The number of aliphatic hydroxyl groups excluding tert-OH is 1. The van der Waals surface area contributed by atoms with E-state index in [9.17, 15) is 9.90 Å². The van der Waals surface area contributed by atoms with Gasteiger partial charge in [-0.1, -0.05) is 19.1 Å². The molecule has 0 saturated heterocycles. The Kier molecular flexibility index (Phi) is 5.61. The van der Waals surface area contributed by atoms with Gasteiger partial charge in [0, 0.05) is 6.42 Å². The molecule has 2 N–H and O–H groups in total. The van der Waals surface area contributed by atoms with Gasteiger partial charge in [-0.2, -0.15) is 0 Å². The fourth-order valence-electron chi connectivity index (χ4n) is 2.21. The quantitative estimate of drug-likeness (QED) is 0.825. The Balaban J connectivity index is 1.83. The van der Waals surface area contributed by atoms with E-state index < -0.39 is 6.10 Å². The van der Waals surface area contributed by atoms with Crippen LogP contribution in [-0.2, 0) is 4.79 Å². The lowest BCUT2D eigenvalue weighted by molar-refractivity contribution is -0.121. The minimum Gasteiger partial charge on any atom is -0.497 e. The van der Waals surface area contributed by atoms with Crippen LogP contribution in [0.25, 0.3) is 0 Å². The van der Waals surface area contributed by atoms with Crippen LogP contribution in [0.5, 0.6) is 5.75 Å². The molecule has 2 unspecified atom stereocenters. The molecular weight excluding hydrogens is 282 g/mol. The molecule has 0 spiro atoms. The number of carbonyl (C=O) groups is 1. The Hall–Kier alpha value is -2.27. The second kappa shape index (κ2) is 7.66. The third kappa shape index (κ3) is 4.36. The minimum atomic E-state index is -0.828. The standard InChI is InChI=1S/C17H21NO4/c1-12(13-5-3-6-14(10-13)21-2)9-17(20)18-11-15(19)16-7-4-8-22-16/h3-8,10,12,15,19H,9,11H2,1-2H3,(H,18,20). The van der Waals surface area contributed by atoms with Crippen LogP contribution in [0.15, 0.2) is 47.1 Å². The van der Waals surface area contributed by atoms with Gasteiger partial charge in [0.05, 0.1) is 19.9 Å². The summed E-state index contributed by atoms with van der Waals surface area (Å²) in [5, 5.41) is 12.6. The van der Waals surface area contributed by atoms with Crippen LogP contribution in [-0.4, -0.2) is 24.7 Å². The zero-order valence-corrected chi connectivity index (χ0v) is 12.8. The summed E-state index contributed by atoms with van der Waals surface area (Å²) in [6, 6.07) is 11.0. The first kappa shape index (κ1) is 16.1. The summed E-state index contributed by atoms with van der Waals surface area (Å²) in [7, 11) is 1.62. The molecule has 2 rings (SSSR count). The number of furan rings is 1. The van der Waals surface area contributed by atoms with Crippen molar-refractivity contribution in [1.29, 1.82) is 0 Å². The second-order valence-electron chi connectivity index (χ2n) is 5.22. The van der Waals surface area contributed by atoms with Crippen molar-refractivity contribution in [1.82, 2.24) is 5.32 Å². The van der Waals surface area contributed by atoms with Crippen LogP contribution < -0.4 is 10.1 Å². The highest BCUT2D eigenvalue weighted by molar-refractivity contribution is 5.76. The monoisotopic (exact) mass is 303 g/mol. The summed E-state index contributed by atoms with van der Waals surface area (Å²) in [4.78, 5) is 12.0. The molecule has 1 aromatic carbocycles. The van der Waals surface area contributed by atoms with E-state index in [4.69, 9.17) is 9.15 Å². The molecule has 0 saturated carbocycles. The molecule has 1 amide bonds. The smallest absolute Gasteiger partial charge is 0.220 e. The fraction of sp³-hybridized carbons (Fsp3) is 0.353. The summed E-state index contributed by atoms with van der Waals surface area (Å²) < 4.78 is 10.3. The van der Waals surface area contributed by atoms with E-state index in [1.807, 2.05) is 31.2 Å². The largest absolute Gasteiger partial charge is 0.497 e. The molecule has 5 nitrogen and oxygen atoms in total. The molecule has 2 atom stereocenters. The van der Waals surface area contributed by atoms with Gasteiger partial charge in [-0.05, 0) is 35.7 Å². The van der Waals surface area contributed by atoms with E-state index in [2.05, 4.69) is 5.32 Å². The van der Waals surface area contributed by atoms with E-state index in [-0.39, 0.29) is 18.4 Å². The van der Waals surface area contributed by atoms with Gasteiger partial charge in [-0.3, -0.25) is 4.79 Å². The lowest BCUT2D eigenvalue weighted by atomic mass is 9.97. The number of hydrogen-bond donors (Lipinski definition) is 2. The van der Waals surface area contributed by atoms with Gasteiger partial charge >= 0.3 is 0 Å². The zero-order valence-electron chi connectivity index (χ0n) is 12.8. The maximum absolute atomic E-state index is 12.0. The number of amides is 1. The Labute approximate surface area is 129 Å². The first-order valence-electron chi connectivity index (χ1n) is 7.22. The summed E-state index contributed by atoms with van der Waals surface area (Å²) >= 11 is 0. The molecule has 1 heterocycles. The first-order valence-corrected chi connectivity index (χ1v) is 7.22. The SMILES string of the molecule is COc1cccc(C(C)CC(=O)NCC(O)c2ccco2)c1. The second-order valence-corrected chi connectivity index (χ2v) is 5.22. The lowest BCUT2D eigenvalue weighted by Gasteiger charge is -2.14. The minimum absolute atomic E-state index is 0.0656. The highest BCUT2D eigenvalue weighted by Gasteiger charge is 2.15. The Morgan fingerprint density at radius 1 is 1.36 bits per heavy atom. The number of nitrogens with one attached hydrogen (secondary N) is 1. The van der Waals surface area contributed by atoms with Crippen LogP contribution in [0, 0.1) is 0 Å². The normalized spacial score (nSPS) is 13.4. The summed E-state index contributed by atoms with van der Waals surface area (Å²) in [5.74, 6) is 1.18. The van der Waals surface area contributed by atoms with Crippen LogP contribution in [0.1, 0.15) is 36.7 Å². The van der Waals surface area contributed by atoms with Gasteiger partial charge < -0.3 is 19.6 Å². The van der Waals surface area contributed by atoms with Crippen molar-refractivity contribution in [2.45, 2.75) is 25.4 Å². The molecular formula is C17H21NO4. The van der Waals surface area contributed by atoms with Gasteiger partial charge in [0.15, 0.2) is 0 Å². The first-order chi connectivity index (χ1) is 10.6. The molecule has 0 radical (unpaired) electrons. The van der Waals surface area contributed by atoms with Gasteiger partial charge in [-0.15, -0.1) is 0 Å². The molecule has 5 heteroatoms. The highest BCUT2D eigenvalue weighted by Crippen LogP contribution is 2.23. The molecule has 0 bridgehead atoms. The third-order valence-corrected chi connectivity index (χ3v) is 3.52. The van der Waals surface area contributed by atoms with Crippen LogP contribution >= 0.6 is 0 Å². The number of aliphatic hydroxyl groups is 1. The molecule has 0 fully saturated rings. The van der Waals surface area contributed by atoms with Gasteiger partial charge in [0.1, 0.15) is 17.6 Å². The number of ether oxygens (including phenoxy) is 1. The van der Waals surface area contributed by atoms with Crippen LogP contribution in [0.3, 0.4) is 0 Å². The van der Waals surface area contributed by atoms with Crippen molar-refractivity contribution in [2.24, 2.45) is 0 Å². The third-order valence-electron chi connectivity index (χ3n) is 3.52. The van der Waals surface area contributed by atoms with Crippen molar-refractivity contribution in [3.63, 3.8) is 0 Å². The molecule has 2 aromatic rings. The highest BCUT2D eigenvalue weighted by atomic mass is 16.5. The Bertz CT molecular complexity index is 594. The summed E-state index contributed by atoms with van der Waals surface area (Å²) in [6.07, 6.45) is 1.01. The Morgan fingerprint density at radius 2 is 2.18 bits per heavy atom. The van der Waals surface area contributed by atoms with Crippen molar-refractivity contribution in [3.05, 3.63) is 54.0 Å². The predicted octanol–water partition coefficient (Wildman–Crippen LogP) is 2.63. The summed E-state index contributed by atoms with van der Waals surface area (Å²) in [5.41, 5.74) is 1.04. The fourth-order valence-corrected chi connectivity index (χ4v) is 2.21. The summed E-state index contributed by atoms with van der Waals surface area (Å²) in [6.45, 7) is 2.12. The molecule has 0 aliphatic heterocycles. The van der Waals surface area contributed by atoms with Crippen LogP contribution in [0.2, 0.25) is 0 Å². The maximum atomic E-state index is 12.0. The number of carbonyl (C=O) groups excluding carboxylic acids is 1. The van der Waals surface area contributed by atoms with E-state index in [1.165, 1.54) is 6.26 Å². The lowest BCUT2D eigenvalue weighted by Crippen LogP contribution is -2.29.